The minimum atomic E-state index is 0. The lowest BCUT2D eigenvalue weighted by Crippen LogP contribution is -2.19. The minimum absolute atomic E-state index is 0. The van der Waals surface area contributed by atoms with Crippen molar-refractivity contribution in [3.63, 3.8) is 0 Å². The van der Waals surface area contributed by atoms with Gasteiger partial charge in [0.15, 0.2) is 0 Å². The van der Waals surface area contributed by atoms with Crippen molar-refractivity contribution >= 4 is 37.2 Å². The Morgan fingerprint density at radius 3 is 1.62 bits per heavy atom. The summed E-state index contributed by atoms with van der Waals surface area (Å²) in [7, 11) is 0. The van der Waals surface area contributed by atoms with Gasteiger partial charge in [-0.15, -0.1) is 37.2 Å². The summed E-state index contributed by atoms with van der Waals surface area (Å²) in [4.78, 5) is 0. The van der Waals surface area contributed by atoms with Crippen LogP contribution >= 0.6 is 37.2 Å². The monoisotopic (exact) mass is 253 g/mol. The molecule has 0 aromatic heterocycles. The van der Waals surface area contributed by atoms with Crippen molar-refractivity contribution in [3.8, 4) is 0 Å². The standard InChI is InChI=1S/C7H19N3.3ClH/c8-4-1-2-6-10-7-3-5-9;;;/h10H,1-9H2;3*1H. The van der Waals surface area contributed by atoms with Gasteiger partial charge in [-0.25, -0.2) is 0 Å². The van der Waals surface area contributed by atoms with Crippen molar-refractivity contribution in [2.45, 2.75) is 19.3 Å². The normalized spacial score (nSPS) is 7.85. The number of halogens is 3. The molecule has 86 valence electrons. The van der Waals surface area contributed by atoms with Crippen LogP contribution in [0.15, 0.2) is 0 Å². The van der Waals surface area contributed by atoms with Crippen molar-refractivity contribution in [3.05, 3.63) is 0 Å². The number of nitrogens with two attached hydrogens (primary N) is 2. The molecule has 13 heavy (non-hydrogen) atoms. The average Bonchev–Trinajstić information content (AvgIpc) is 1.97. The van der Waals surface area contributed by atoms with Crippen LogP contribution in [-0.2, 0) is 0 Å². The predicted octanol–water partition coefficient (Wildman–Crippen LogP) is 0.929. The molecular weight excluding hydrogens is 232 g/mol. The molecule has 0 aromatic rings. The first kappa shape index (κ1) is 23.5. The molecule has 0 rings (SSSR count). The maximum Gasteiger partial charge on any atom is -0.00369 e. The third kappa shape index (κ3) is 24.5. The molecular formula is C7H22Cl3N3. The van der Waals surface area contributed by atoms with E-state index in [9.17, 15) is 0 Å². The maximum absolute atomic E-state index is 5.32. The summed E-state index contributed by atoms with van der Waals surface area (Å²) in [5, 5.41) is 3.29. The van der Waals surface area contributed by atoms with Gasteiger partial charge >= 0.3 is 0 Å². The first-order valence-corrected chi connectivity index (χ1v) is 4.02. The molecule has 0 bridgehead atoms. The highest BCUT2D eigenvalue weighted by Gasteiger charge is 1.85. The highest BCUT2D eigenvalue weighted by atomic mass is 35.5. The van der Waals surface area contributed by atoms with Gasteiger partial charge in [-0.1, -0.05) is 0 Å². The Morgan fingerprint density at radius 1 is 0.692 bits per heavy atom. The summed E-state index contributed by atoms with van der Waals surface area (Å²) < 4.78 is 0. The SMILES string of the molecule is Cl.Cl.Cl.NCCCCNCCCN. The zero-order valence-corrected chi connectivity index (χ0v) is 10.3. The zero-order chi connectivity index (χ0) is 7.66. The number of rotatable bonds is 7. The van der Waals surface area contributed by atoms with Gasteiger partial charge in [0.05, 0.1) is 0 Å². The van der Waals surface area contributed by atoms with Gasteiger partial charge in [-0.3, -0.25) is 0 Å². The molecule has 3 nitrogen and oxygen atoms in total. The van der Waals surface area contributed by atoms with E-state index in [4.69, 9.17) is 11.5 Å². The van der Waals surface area contributed by atoms with Crippen molar-refractivity contribution in [2.75, 3.05) is 26.2 Å². The molecule has 0 heterocycles. The van der Waals surface area contributed by atoms with Crippen LogP contribution in [-0.4, -0.2) is 26.2 Å². The van der Waals surface area contributed by atoms with Crippen LogP contribution in [0, 0.1) is 0 Å². The van der Waals surface area contributed by atoms with E-state index in [0.717, 1.165) is 39.0 Å². The molecule has 0 fully saturated rings. The molecule has 0 amide bonds. The van der Waals surface area contributed by atoms with Gasteiger partial charge in [-0.05, 0) is 45.4 Å². The van der Waals surface area contributed by atoms with E-state index in [-0.39, 0.29) is 37.2 Å². The molecule has 0 aromatic carbocycles. The Balaban J connectivity index is -0.000000135. The van der Waals surface area contributed by atoms with Crippen LogP contribution in [0.2, 0.25) is 0 Å². The Labute approximate surface area is 99.6 Å². The van der Waals surface area contributed by atoms with Gasteiger partial charge in [0.25, 0.3) is 0 Å². The van der Waals surface area contributed by atoms with Gasteiger partial charge < -0.3 is 16.8 Å². The fourth-order valence-electron chi connectivity index (χ4n) is 0.746. The Bertz CT molecular complexity index is 58.9. The molecule has 0 radical (unpaired) electrons. The van der Waals surface area contributed by atoms with E-state index in [2.05, 4.69) is 5.32 Å². The fraction of sp³-hybridized carbons (Fsp3) is 1.00. The Morgan fingerprint density at radius 2 is 1.15 bits per heavy atom. The van der Waals surface area contributed by atoms with Crippen LogP contribution in [0.25, 0.3) is 0 Å². The summed E-state index contributed by atoms with van der Waals surface area (Å²) >= 11 is 0. The maximum atomic E-state index is 5.32. The topological polar surface area (TPSA) is 64.1 Å². The molecule has 0 atom stereocenters. The molecule has 0 saturated carbocycles. The summed E-state index contributed by atoms with van der Waals surface area (Å²) in [6, 6.07) is 0. The van der Waals surface area contributed by atoms with Crippen molar-refractivity contribution in [1.29, 1.82) is 0 Å². The van der Waals surface area contributed by atoms with Gasteiger partial charge in [0.2, 0.25) is 0 Å². The first-order chi connectivity index (χ1) is 4.91. The van der Waals surface area contributed by atoms with Crippen LogP contribution in [0.1, 0.15) is 19.3 Å². The van der Waals surface area contributed by atoms with Crippen molar-refractivity contribution < 1.29 is 0 Å². The highest BCUT2D eigenvalue weighted by Crippen LogP contribution is 1.81. The molecule has 5 N–H and O–H groups in total. The van der Waals surface area contributed by atoms with Crippen molar-refractivity contribution in [2.24, 2.45) is 11.5 Å². The van der Waals surface area contributed by atoms with Gasteiger partial charge in [0.1, 0.15) is 0 Å². The molecule has 0 saturated heterocycles. The van der Waals surface area contributed by atoms with Crippen LogP contribution in [0.5, 0.6) is 0 Å². The van der Waals surface area contributed by atoms with Crippen LogP contribution < -0.4 is 16.8 Å². The largest absolute Gasteiger partial charge is 0.330 e. The second-order valence-corrected chi connectivity index (χ2v) is 2.39. The second kappa shape index (κ2) is 23.0. The fourth-order valence-corrected chi connectivity index (χ4v) is 0.746. The van der Waals surface area contributed by atoms with E-state index in [1.807, 2.05) is 0 Å². The number of unbranched alkanes of at least 4 members (excludes halogenated alkanes) is 1. The van der Waals surface area contributed by atoms with E-state index in [0.29, 0.717) is 0 Å². The number of hydrogen-bond acceptors (Lipinski definition) is 3. The smallest absolute Gasteiger partial charge is 0.00369 e. The van der Waals surface area contributed by atoms with Gasteiger partial charge in [0, 0.05) is 0 Å². The molecule has 0 aliphatic carbocycles. The van der Waals surface area contributed by atoms with E-state index in [1.54, 1.807) is 0 Å². The summed E-state index contributed by atoms with van der Waals surface area (Å²) in [6.45, 7) is 3.71. The minimum Gasteiger partial charge on any atom is -0.330 e. The van der Waals surface area contributed by atoms with Crippen LogP contribution in [0.4, 0.5) is 0 Å². The summed E-state index contributed by atoms with van der Waals surface area (Å²) in [6.07, 6.45) is 3.37. The van der Waals surface area contributed by atoms with E-state index in [1.165, 1.54) is 6.42 Å². The zero-order valence-electron chi connectivity index (χ0n) is 7.83. The third-order valence-corrected chi connectivity index (χ3v) is 1.37. The molecule has 6 heteroatoms. The van der Waals surface area contributed by atoms with Crippen molar-refractivity contribution in [1.82, 2.24) is 5.32 Å². The predicted molar refractivity (Wildman–Crippen MR) is 66.6 cm³/mol. The lowest BCUT2D eigenvalue weighted by molar-refractivity contribution is 0.611. The second-order valence-electron chi connectivity index (χ2n) is 2.39. The first-order valence-electron chi connectivity index (χ1n) is 4.02. The molecule has 0 aliphatic heterocycles. The lowest BCUT2D eigenvalue weighted by atomic mass is 10.3. The van der Waals surface area contributed by atoms with E-state index >= 15 is 0 Å². The molecule has 0 unspecified atom stereocenters. The quantitative estimate of drug-likeness (QED) is 0.592. The average molecular weight is 255 g/mol. The summed E-state index contributed by atoms with van der Waals surface area (Å²) in [5.74, 6) is 0. The van der Waals surface area contributed by atoms with Gasteiger partial charge in [-0.2, -0.15) is 0 Å². The number of hydrogen-bond donors (Lipinski definition) is 3. The Hall–Kier alpha value is 0.750. The summed E-state index contributed by atoms with van der Waals surface area (Å²) in [5.41, 5.74) is 10.6. The van der Waals surface area contributed by atoms with E-state index < -0.39 is 0 Å². The lowest BCUT2D eigenvalue weighted by Gasteiger charge is -2.01. The molecule has 0 aliphatic rings. The number of nitrogens with one attached hydrogen (secondary N) is 1. The third-order valence-electron chi connectivity index (χ3n) is 1.37. The van der Waals surface area contributed by atoms with Crippen LogP contribution in [0.3, 0.4) is 0 Å². The highest BCUT2D eigenvalue weighted by molar-refractivity contribution is 5.86. The molecule has 0 spiro atoms. The Kier molecular flexibility index (Phi) is 41.6.